The number of nitrogens with zero attached hydrogens (tertiary/aromatic N) is 1. The lowest BCUT2D eigenvalue weighted by molar-refractivity contribution is 0.0951. The first kappa shape index (κ1) is 18.8. The van der Waals surface area contributed by atoms with E-state index in [2.05, 4.69) is 33.0 Å². The van der Waals surface area contributed by atoms with Gasteiger partial charge in [-0.15, -0.1) is 0 Å². The SMILES string of the molecule is CN(CCCNC(=O)Nc1ccc(C(=O)NC2CC2)cc1)c1ccccc1. The zero-order valence-corrected chi connectivity index (χ0v) is 15.6. The van der Waals surface area contributed by atoms with Crippen molar-refractivity contribution in [2.75, 3.05) is 30.4 Å². The maximum atomic E-state index is 12.0. The average molecular weight is 366 g/mol. The molecule has 0 heterocycles. The molecule has 0 atom stereocenters. The number of carbonyl (C=O) groups is 2. The van der Waals surface area contributed by atoms with Crippen LogP contribution in [0.5, 0.6) is 0 Å². The van der Waals surface area contributed by atoms with E-state index in [0.717, 1.165) is 31.5 Å². The van der Waals surface area contributed by atoms with Crippen LogP contribution in [0.25, 0.3) is 0 Å². The van der Waals surface area contributed by atoms with E-state index < -0.39 is 0 Å². The van der Waals surface area contributed by atoms with Crippen molar-refractivity contribution >= 4 is 23.3 Å². The highest BCUT2D eigenvalue weighted by atomic mass is 16.2. The van der Waals surface area contributed by atoms with Gasteiger partial charge in [0.15, 0.2) is 0 Å². The smallest absolute Gasteiger partial charge is 0.319 e. The van der Waals surface area contributed by atoms with Crippen molar-refractivity contribution in [2.24, 2.45) is 0 Å². The van der Waals surface area contributed by atoms with Crippen LogP contribution in [0.4, 0.5) is 16.2 Å². The van der Waals surface area contributed by atoms with Gasteiger partial charge in [-0.25, -0.2) is 4.79 Å². The molecule has 3 N–H and O–H groups in total. The summed E-state index contributed by atoms with van der Waals surface area (Å²) in [6.45, 7) is 1.44. The standard InChI is InChI=1S/C21H26N4O2/c1-25(19-6-3-2-4-7-19)15-5-14-22-21(27)24-18-10-8-16(9-11-18)20(26)23-17-12-13-17/h2-4,6-11,17H,5,12-15H2,1H3,(H,23,26)(H2,22,24,27). The van der Waals surface area contributed by atoms with Crippen molar-refractivity contribution in [3.8, 4) is 0 Å². The molecule has 1 fully saturated rings. The number of rotatable bonds is 8. The Labute approximate surface area is 159 Å². The monoisotopic (exact) mass is 366 g/mol. The van der Waals surface area contributed by atoms with Gasteiger partial charge in [0.2, 0.25) is 0 Å². The molecule has 0 radical (unpaired) electrons. The van der Waals surface area contributed by atoms with Gasteiger partial charge in [-0.3, -0.25) is 4.79 Å². The minimum atomic E-state index is -0.243. The average Bonchev–Trinajstić information content (AvgIpc) is 3.50. The first-order chi connectivity index (χ1) is 13.1. The van der Waals surface area contributed by atoms with E-state index in [1.807, 2.05) is 25.2 Å². The maximum Gasteiger partial charge on any atom is 0.319 e. The van der Waals surface area contributed by atoms with E-state index in [1.54, 1.807) is 24.3 Å². The van der Waals surface area contributed by atoms with Crippen molar-refractivity contribution in [1.82, 2.24) is 10.6 Å². The van der Waals surface area contributed by atoms with Crippen LogP contribution >= 0.6 is 0 Å². The van der Waals surface area contributed by atoms with Crippen LogP contribution in [0.3, 0.4) is 0 Å². The van der Waals surface area contributed by atoms with Crippen LogP contribution in [-0.2, 0) is 0 Å². The van der Waals surface area contributed by atoms with Crippen LogP contribution in [0.1, 0.15) is 29.6 Å². The number of hydrogen-bond acceptors (Lipinski definition) is 3. The lowest BCUT2D eigenvalue weighted by Gasteiger charge is -2.19. The lowest BCUT2D eigenvalue weighted by atomic mass is 10.2. The highest BCUT2D eigenvalue weighted by Crippen LogP contribution is 2.19. The molecule has 0 bridgehead atoms. The normalized spacial score (nSPS) is 12.9. The van der Waals surface area contributed by atoms with Gasteiger partial charge < -0.3 is 20.9 Å². The molecule has 2 aromatic rings. The fraction of sp³-hybridized carbons (Fsp3) is 0.333. The topological polar surface area (TPSA) is 73.5 Å². The Balaban J connectivity index is 1.35. The van der Waals surface area contributed by atoms with E-state index in [1.165, 1.54) is 0 Å². The third kappa shape index (κ3) is 6.02. The minimum Gasteiger partial charge on any atom is -0.375 e. The van der Waals surface area contributed by atoms with Gasteiger partial charge in [-0.2, -0.15) is 0 Å². The number of benzene rings is 2. The summed E-state index contributed by atoms with van der Waals surface area (Å²) in [5.74, 6) is -0.0592. The van der Waals surface area contributed by atoms with Crippen LogP contribution in [0.15, 0.2) is 54.6 Å². The number of amides is 3. The quantitative estimate of drug-likeness (QED) is 0.628. The molecule has 6 heteroatoms. The number of urea groups is 1. The summed E-state index contributed by atoms with van der Waals surface area (Å²) in [5, 5.41) is 8.58. The molecule has 3 amide bonds. The zero-order valence-electron chi connectivity index (χ0n) is 15.6. The second-order valence-corrected chi connectivity index (χ2v) is 6.82. The molecule has 0 aromatic heterocycles. The van der Waals surface area contributed by atoms with Gasteiger partial charge in [-0.1, -0.05) is 18.2 Å². The maximum absolute atomic E-state index is 12.0. The van der Waals surface area contributed by atoms with E-state index in [-0.39, 0.29) is 11.9 Å². The second kappa shape index (κ2) is 9.07. The van der Waals surface area contributed by atoms with Crippen molar-refractivity contribution in [1.29, 1.82) is 0 Å². The Bertz CT molecular complexity index is 758. The van der Waals surface area contributed by atoms with Crippen LogP contribution in [0, 0.1) is 0 Å². The van der Waals surface area contributed by atoms with Crippen molar-refractivity contribution in [3.63, 3.8) is 0 Å². The predicted molar refractivity (Wildman–Crippen MR) is 108 cm³/mol. The van der Waals surface area contributed by atoms with Crippen LogP contribution < -0.4 is 20.9 Å². The molecule has 1 saturated carbocycles. The van der Waals surface area contributed by atoms with E-state index in [0.29, 0.717) is 23.8 Å². The highest BCUT2D eigenvalue weighted by Gasteiger charge is 2.23. The Morgan fingerprint density at radius 2 is 1.74 bits per heavy atom. The first-order valence-corrected chi connectivity index (χ1v) is 9.34. The van der Waals surface area contributed by atoms with E-state index in [4.69, 9.17) is 0 Å². The summed E-state index contributed by atoms with van der Waals surface area (Å²) in [6.07, 6.45) is 2.97. The number of hydrogen-bond donors (Lipinski definition) is 3. The molecule has 0 spiro atoms. The molecule has 0 unspecified atom stereocenters. The first-order valence-electron chi connectivity index (χ1n) is 9.34. The summed E-state index contributed by atoms with van der Waals surface area (Å²) in [4.78, 5) is 26.1. The third-order valence-electron chi connectivity index (χ3n) is 4.47. The fourth-order valence-corrected chi connectivity index (χ4v) is 2.71. The van der Waals surface area contributed by atoms with Crippen molar-refractivity contribution in [2.45, 2.75) is 25.3 Å². The van der Waals surface area contributed by atoms with Gasteiger partial charge in [-0.05, 0) is 55.7 Å². The van der Waals surface area contributed by atoms with Gasteiger partial charge in [0, 0.05) is 43.1 Å². The Kier molecular flexibility index (Phi) is 6.30. The Hall–Kier alpha value is -3.02. The van der Waals surface area contributed by atoms with Gasteiger partial charge in [0.1, 0.15) is 0 Å². The van der Waals surface area contributed by atoms with Crippen LogP contribution in [-0.4, -0.2) is 38.1 Å². The summed E-state index contributed by atoms with van der Waals surface area (Å²) in [6, 6.07) is 17.2. The molecule has 0 aliphatic heterocycles. The van der Waals surface area contributed by atoms with E-state index in [9.17, 15) is 9.59 Å². The number of anilines is 2. The molecular weight excluding hydrogens is 340 g/mol. The van der Waals surface area contributed by atoms with Gasteiger partial charge in [0.25, 0.3) is 5.91 Å². The molecule has 1 aliphatic rings. The summed E-state index contributed by atoms with van der Waals surface area (Å²) in [5.41, 5.74) is 2.43. The summed E-state index contributed by atoms with van der Waals surface area (Å²) in [7, 11) is 2.04. The third-order valence-corrected chi connectivity index (χ3v) is 4.47. The zero-order chi connectivity index (χ0) is 19.1. The van der Waals surface area contributed by atoms with E-state index >= 15 is 0 Å². The lowest BCUT2D eigenvalue weighted by Crippen LogP contribution is -2.31. The highest BCUT2D eigenvalue weighted by molar-refractivity contribution is 5.95. The molecule has 142 valence electrons. The molecule has 2 aromatic carbocycles. The fourth-order valence-electron chi connectivity index (χ4n) is 2.71. The number of nitrogens with one attached hydrogen (secondary N) is 3. The van der Waals surface area contributed by atoms with Crippen molar-refractivity contribution in [3.05, 3.63) is 60.2 Å². The number of carbonyl (C=O) groups excluding carboxylic acids is 2. The Morgan fingerprint density at radius 3 is 2.41 bits per heavy atom. The summed E-state index contributed by atoms with van der Waals surface area (Å²) < 4.78 is 0. The largest absolute Gasteiger partial charge is 0.375 e. The molecule has 0 saturated heterocycles. The predicted octanol–water partition coefficient (Wildman–Crippen LogP) is 3.23. The molecule has 3 rings (SSSR count). The summed E-state index contributed by atoms with van der Waals surface area (Å²) >= 11 is 0. The van der Waals surface area contributed by atoms with Gasteiger partial charge >= 0.3 is 6.03 Å². The van der Waals surface area contributed by atoms with Gasteiger partial charge in [0.05, 0.1) is 0 Å². The van der Waals surface area contributed by atoms with Crippen molar-refractivity contribution < 1.29 is 9.59 Å². The second-order valence-electron chi connectivity index (χ2n) is 6.82. The Morgan fingerprint density at radius 1 is 1.04 bits per heavy atom. The molecule has 1 aliphatic carbocycles. The minimum absolute atomic E-state index is 0.0592. The molecule has 6 nitrogen and oxygen atoms in total. The molecular formula is C21H26N4O2. The van der Waals surface area contributed by atoms with Crippen LogP contribution in [0.2, 0.25) is 0 Å². The molecule has 27 heavy (non-hydrogen) atoms. The number of para-hydroxylation sites is 1.